The minimum atomic E-state index is 0.0931. The van der Waals surface area contributed by atoms with Crippen LogP contribution in [0.25, 0.3) is 11.3 Å². The highest BCUT2D eigenvalue weighted by molar-refractivity contribution is 5.76. The Morgan fingerprint density at radius 1 is 1.18 bits per heavy atom. The van der Waals surface area contributed by atoms with Gasteiger partial charge in [0.05, 0.1) is 5.69 Å². The van der Waals surface area contributed by atoms with Crippen molar-refractivity contribution in [3.05, 3.63) is 71.7 Å². The summed E-state index contributed by atoms with van der Waals surface area (Å²) in [6, 6.07) is 14.4. The number of carbonyl (C=O) groups excluding carboxylic acids is 1. The lowest BCUT2D eigenvalue weighted by molar-refractivity contribution is -0.122. The molecule has 174 valence electrons. The van der Waals surface area contributed by atoms with Crippen molar-refractivity contribution in [2.75, 3.05) is 13.1 Å². The van der Waals surface area contributed by atoms with Gasteiger partial charge in [-0.15, -0.1) is 0 Å². The smallest absolute Gasteiger partial charge is 0.220 e. The van der Waals surface area contributed by atoms with Gasteiger partial charge in [-0.2, -0.15) is 0 Å². The first kappa shape index (κ1) is 23.2. The molecule has 1 aliphatic heterocycles. The molecule has 3 heterocycles. The Morgan fingerprint density at radius 2 is 2.00 bits per heavy atom. The summed E-state index contributed by atoms with van der Waals surface area (Å²) in [5, 5.41) is 10.9. The van der Waals surface area contributed by atoms with E-state index in [0.717, 1.165) is 48.5 Å². The predicted molar refractivity (Wildman–Crippen MR) is 130 cm³/mol. The molecule has 33 heavy (non-hydrogen) atoms. The van der Waals surface area contributed by atoms with Gasteiger partial charge in [-0.1, -0.05) is 56.3 Å². The molecule has 0 unspecified atom stereocenters. The number of rotatable bonds is 7. The Kier molecular flexibility index (Phi) is 7.23. The SMILES string of the molecule is CC(C)(C)c1ccc(-c2cc(C[C@H]3CNCC[C@H]3CC(=O)NCc3cccnc3)no2)cc1. The van der Waals surface area contributed by atoms with Gasteiger partial charge in [0.25, 0.3) is 0 Å². The van der Waals surface area contributed by atoms with Crippen LogP contribution in [0.2, 0.25) is 0 Å². The number of aromatic nitrogens is 2. The van der Waals surface area contributed by atoms with Crippen molar-refractivity contribution in [3.8, 4) is 11.3 Å². The zero-order valence-electron chi connectivity index (χ0n) is 19.8. The molecule has 6 nitrogen and oxygen atoms in total. The van der Waals surface area contributed by atoms with Gasteiger partial charge in [-0.25, -0.2) is 0 Å². The molecule has 4 rings (SSSR count). The van der Waals surface area contributed by atoms with Crippen molar-refractivity contribution in [1.82, 2.24) is 20.8 Å². The molecule has 0 aliphatic carbocycles. The van der Waals surface area contributed by atoms with E-state index in [1.807, 2.05) is 18.2 Å². The number of carbonyl (C=O) groups is 1. The van der Waals surface area contributed by atoms with Crippen LogP contribution in [-0.2, 0) is 23.2 Å². The number of amides is 1. The molecule has 1 amide bonds. The van der Waals surface area contributed by atoms with Gasteiger partial charge in [-0.05, 0) is 60.4 Å². The summed E-state index contributed by atoms with van der Waals surface area (Å²) >= 11 is 0. The molecule has 2 N–H and O–H groups in total. The molecule has 1 aliphatic rings. The van der Waals surface area contributed by atoms with Crippen LogP contribution in [-0.4, -0.2) is 29.1 Å². The molecular formula is C27H34N4O2. The third-order valence-corrected chi connectivity index (χ3v) is 6.49. The van der Waals surface area contributed by atoms with Crippen LogP contribution in [0.1, 0.15) is 50.4 Å². The summed E-state index contributed by atoms with van der Waals surface area (Å²) < 4.78 is 5.67. The molecule has 0 saturated carbocycles. The first-order valence-corrected chi connectivity index (χ1v) is 11.8. The normalized spacial score (nSPS) is 18.8. The van der Waals surface area contributed by atoms with E-state index >= 15 is 0 Å². The lowest BCUT2D eigenvalue weighted by Gasteiger charge is -2.31. The lowest BCUT2D eigenvalue weighted by atomic mass is 9.81. The quantitative estimate of drug-likeness (QED) is 0.558. The van der Waals surface area contributed by atoms with Crippen LogP contribution < -0.4 is 10.6 Å². The van der Waals surface area contributed by atoms with Crippen LogP contribution in [0.5, 0.6) is 0 Å². The third-order valence-electron chi connectivity index (χ3n) is 6.49. The van der Waals surface area contributed by atoms with E-state index in [1.54, 1.807) is 12.4 Å². The molecule has 3 aromatic rings. The van der Waals surface area contributed by atoms with Crippen LogP contribution in [0, 0.1) is 11.8 Å². The van der Waals surface area contributed by atoms with Crippen molar-refractivity contribution in [2.45, 2.75) is 52.0 Å². The fraction of sp³-hybridized carbons (Fsp3) is 0.444. The standard InChI is InChI=1S/C27H34N4O2/c1-27(2,3)23-8-6-20(7-9-23)25-15-24(31-33-25)13-22-18-29-12-10-21(22)14-26(32)30-17-19-5-4-11-28-16-19/h4-9,11,15-16,21-22,29H,10,12-14,17-18H2,1-3H3,(H,30,32)/t21-,22-/m0/s1. The van der Waals surface area contributed by atoms with Crippen molar-refractivity contribution in [2.24, 2.45) is 11.8 Å². The molecule has 0 radical (unpaired) electrons. The molecule has 1 aromatic carbocycles. The fourth-order valence-corrected chi connectivity index (χ4v) is 4.45. The largest absolute Gasteiger partial charge is 0.356 e. The van der Waals surface area contributed by atoms with Crippen molar-refractivity contribution < 1.29 is 9.32 Å². The molecular weight excluding hydrogens is 412 g/mol. The van der Waals surface area contributed by atoms with E-state index in [4.69, 9.17) is 4.52 Å². The monoisotopic (exact) mass is 446 g/mol. The van der Waals surface area contributed by atoms with Gasteiger partial charge in [-0.3, -0.25) is 9.78 Å². The van der Waals surface area contributed by atoms with Gasteiger partial charge >= 0.3 is 0 Å². The van der Waals surface area contributed by atoms with Gasteiger partial charge in [0.15, 0.2) is 5.76 Å². The fourth-order valence-electron chi connectivity index (χ4n) is 4.45. The van der Waals surface area contributed by atoms with Crippen molar-refractivity contribution in [3.63, 3.8) is 0 Å². The molecule has 1 fully saturated rings. The number of nitrogens with one attached hydrogen (secondary N) is 2. The number of piperidine rings is 1. The van der Waals surface area contributed by atoms with E-state index < -0.39 is 0 Å². The van der Waals surface area contributed by atoms with Crippen LogP contribution in [0.15, 0.2) is 59.4 Å². The minimum absolute atomic E-state index is 0.0931. The maximum absolute atomic E-state index is 12.6. The summed E-state index contributed by atoms with van der Waals surface area (Å²) in [5.41, 5.74) is 4.41. The van der Waals surface area contributed by atoms with E-state index in [2.05, 4.69) is 65.8 Å². The van der Waals surface area contributed by atoms with Crippen molar-refractivity contribution in [1.29, 1.82) is 0 Å². The van der Waals surface area contributed by atoms with Crippen molar-refractivity contribution >= 4 is 5.91 Å². The first-order chi connectivity index (χ1) is 15.9. The molecule has 2 atom stereocenters. The predicted octanol–water partition coefficient (Wildman–Crippen LogP) is 4.51. The Balaban J connectivity index is 1.35. The van der Waals surface area contributed by atoms with Crippen LogP contribution >= 0.6 is 0 Å². The molecule has 0 bridgehead atoms. The Bertz CT molecular complexity index is 1040. The maximum Gasteiger partial charge on any atom is 0.220 e. The second kappa shape index (κ2) is 10.3. The summed E-state index contributed by atoms with van der Waals surface area (Å²) in [6.07, 6.45) is 5.85. The second-order valence-corrected chi connectivity index (χ2v) is 10.1. The van der Waals surface area contributed by atoms with E-state index in [-0.39, 0.29) is 11.3 Å². The molecule has 6 heteroatoms. The van der Waals surface area contributed by atoms with Crippen LogP contribution in [0.4, 0.5) is 0 Å². The number of pyridine rings is 1. The minimum Gasteiger partial charge on any atom is -0.356 e. The summed E-state index contributed by atoms with van der Waals surface area (Å²) in [7, 11) is 0. The average Bonchev–Trinajstić information content (AvgIpc) is 3.28. The Morgan fingerprint density at radius 3 is 2.73 bits per heavy atom. The number of hydrogen-bond acceptors (Lipinski definition) is 5. The van der Waals surface area contributed by atoms with E-state index in [1.165, 1.54) is 5.56 Å². The lowest BCUT2D eigenvalue weighted by Crippen LogP contribution is -2.40. The van der Waals surface area contributed by atoms with Gasteiger partial charge in [0.1, 0.15) is 0 Å². The molecule has 1 saturated heterocycles. The summed E-state index contributed by atoms with van der Waals surface area (Å²) in [5.74, 6) is 1.56. The first-order valence-electron chi connectivity index (χ1n) is 11.8. The second-order valence-electron chi connectivity index (χ2n) is 10.1. The zero-order valence-corrected chi connectivity index (χ0v) is 19.8. The Hall–Kier alpha value is -2.99. The van der Waals surface area contributed by atoms with E-state index in [9.17, 15) is 4.79 Å². The van der Waals surface area contributed by atoms with Gasteiger partial charge < -0.3 is 15.2 Å². The third kappa shape index (κ3) is 6.29. The highest BCUT2D eigenvalue weighted by atomic mass is 16.5. The number of nitrogens with zero attached hydrogens (tertiary/aromatic N) is 2. The average molecular weight is 447 g/mol. The maximum atomic E-state index is 12.6. The van der Waals surface area contributed by atoms with Crippen LogP contribution in [0.3, 0.4) is 0 Å². The van der Waals surface area contributed by atoms with Gasteiger partial charge in [0, 0.05) is 37.0 Å². The highest BCUT2D eigenvalue weighted by Crippen LogP contribution is 2.29. The topological polar surface area (TPSA) is 80.0 Å². The zero-order chi connectivity index (χ0) is 23.3. The summed E-state index contributed by atoms with van der Waals surface area (Å²) in [4.78, 5) is 16.7. The number of benzene rings is 1. The van der Waals surface area contributed by atoms with E-state index in [0.29, 0.717) is 24.8 Å². The van der Waals surface area contributed by atoms with Gasteiger partial charge in [0.2, 0.25) is 5.91 Å². The Labute approximate surface area is 196 Å². The molecule has 0 spiro atoms. The molecule has 2 aromatic heterocycles. The number of hydrogen-bond donors (Lipinski definition) is 2. The highest BCUT2D eigenvalue weighted by Gasteiger charge is 2.28. The summed E-state index contributed by atoms with van der Waals surface area (Å²) in [6.45, 7) is 8.99.